The Hall–Kier alpha value is -1.42. The normalized spacial score (nSPS) is 35.3. The maximum absolute atomic E-state index is 13.6. The number of carbonyl (C=O) groups is 1. The first kappa shape index (κ1) is 18.9. The second-order valence-corrected chi connectivity index (χ2v) is 9.06. The molecule has 0 radical (unpaired) electrons. The zero-order chi connectivity index (χ0) is 19.0. The summed E-state index contributed by atoms with van der Waals surface area (Å²) in [5.74, 6) is 0.653. The molecule has 1 unspecified atom stereocenters. The first-order chi connectivity index (χ1) is 13.1. The molecule has 1 N–H and O–H groups in total. The molecule has 4 heteroatoms. The van der Waals surface area contributed by atoms with Crippen molar-refractivity contribution >= 4 is 5.97 Å². The molecule has 4 fully saturated rings. The highest BCUT2D eigenvalue weighted by atomic mass is 19.1. The number of halogens is 1. The van der Waals surface area contributed by atoms with Crippen LogP contribution < -0.4 is 0 Å². The first-order valence-electron chi connectivity index (χ1n) is 10.6. The summed E-state index contributed by atoms with van der Waals surface area (Å²) in [5.41, 5.74) is 0.600. The molecule has 0 aliphatic heterocycles. The number of unbranched alkanes of at least 4 members (excludes halogenated alkanes) is 1. The van der Waals surface area contributed by atoms with Gasteiger partial charge in [-0.15, -0.1) is 0 Å². The van der Waals surface area contributed by atoms with Crippen LogP contribution in [0.4, 0.5) is 4.39 Å². The number of benzene rings is 1. The average molecular weight is 374 g/mol. The molecule has 1 aromatic carbocycles. The molecule has 4 saturated carbocycles. The highest BCUT2D eigenvalue weighted by Gasteiger charge is 2.62. The van der Waals surface area contributed by atoms with Crippen molar-refractivity contribution in [3.8, 4) is 0 Å². The van der Waals surface area contributed by atoms with Gasteiger partial charge in [0.15, 0.2) is 0 Å². The highest BCUT2D eigenvalue weighted by Crippen LogP contribution is 2.65. The van der Waals surface area contributed by atoms with Crippen LogP contribution in [0, 0.1) is 35.4 Å². The minimum absolute atomic E-state index is 0.259. The van der Waals surface area contributed by atoms with Crippen LogP contribution in [-0.2, 0) is 14.9 Å². The van der Waals surface area contributed by atoms with Crippen molar-refractivity contribution in [1.29, 1.82) is 0 Å². The Morgan fingerprint density at radius 3 is 2.26 bits per heavy atom. The maximum atomic E-state index is 13.6. The molecule has 148 valence electrons. The summed E-state index contributed by atoms with van der Waals surface area (Å²) >= 11 is 0. The van der Waals surface area contributed by atoms with Crippen LogP contribution in [0.2, 0.25) is 0 Å². The van der Waals surface area contributed by atoms with E-state index in [4.69, 9.17) is 4.74 Å². The van der Waals surface area contributed by atoms with E-state index in [-0.39, 0.29) is 12.4 Å². The number of rotatable bonds is 8. The van der Waals surface area contributed by atoms with Gasteiger partial charge in [-0.3, -0.25) is 4.79 Å². The van der Waals surface area contributed by atoms with Crippen molar-refractivity contribution in [2.75, 3.05) is 13.2 Å². The predicted octanol–water partition coefficient (Wildman–Crippen LogP) is 5.04. The number of carboxylic acids is 1. The topological polar surface area (TPSA) is 46.5 Å². The molecule has 1 atom stereocenters. The summed E-state index contributed by atoms with van der Waals surface area (Å²) in [7, 11) is 0. The number of hydrogen-bond donors (Lipinski definition) is 1. The van der Waals surface area contributed by atoms with E-state index < -0.39 is 17.3 Å². The Kier molecular flexibility index (Phi) is 5.28. The molecule has 0 heterocycles. The summed E-state index contributed by atoms with van der Waals surface area (Å²) in [6.07, 6.45) is 7.76. The van der Waals surface area contributed by atoms with Crippen molar-refractivity contribution in [1.82, 2.24) is 0 Å². The molecule has 4 aliphatic rings. The van der Waals surface area contributed by atoms with Gasteiger partial charge >= 0.3 is 5.97 Å². The smallest absolute Gasteiger partial charge is 0.309 e. The fourth-order valence-electron chi connectivity index (χ4n) is 6.81. The second-order valence-electron chi connectivity index (χ2n) is 9.06. The van der Waals surface area contributed by atoms with Gasteiger partial charge in [-0.1, -0.05) is 25.5 Å². The number of carboxylic acid groups (broad SMARTS) is 1. The van der Waals surface area contributed by atoms with Gasteiger partial charge in [0.05, 0.1) is 12.5 Å². The third-order valence-electron chi connectivity index (χ3n) is 7.63. The molecular weight excluding hydrogens is 343 g/mol. The number of hydrogen-bond acceptors (Lipinski definition) is 2. The zero-order valence-corrected chi connectivity index (χ0v) is 16.2. The lowest BCUT2D eigenvalue weighted by molar-refractivity contribution is -0.161. The molecule has 0 amide bonds. The maximum Gasteiger partial charge on any atom is 0.309 e. The largest absolute Gasteiger partial charge is 0.481 e. The monoisotopic (exact) mass is 374 g/mol. The van der Waals surface area contributed by atoms with Crippen molar-refractivity contribution in [2.24, 2.45) is 29.6 Å². The van der Waals surface area contributed by atoms with Gasteiger partial charge in [0.25, 0.3) is 0 Å². The van der Waals surface area contributed by atoms with Gasteiger partial charge in [0, 0.05) is 12.0 Å². The summed E-state index contributed by atoms with van der Waals surface area (Å²) in [5, 5.41) is 10.2. The van der Waals surface area contributed by atoms with Crippen molar-refractivity contribution < 1.29 is 19.0 Å². The Balaban J connectivity index is 1.73. The molecule has 5 rings (SSSR count). The summed E-state index contributed by atoms with van der Waals surface area (Å²) in [6, 6.07) is 6.69. The second kappa shape index (κ2) is 7.54. The lowest BCUT2D eigenvalue weighted by Gasteiger charge is -2.63. The quantitative estimate of drug-likeness (QED) is 0.649. The molecule has 0 spiro atoms. The van der Waals surface area contributed by atoms with E-state index in [0.29, 0.717) is 18.4 Å². The van der Waals surface area contributed by atoms with Crippen LogP contribution in [0.3, 0.4) is 0 Å². The summed E-state index contributed by atoms with van der Waals surface area (Å²) < 4.78 is 19.5. The molecule has 0 aromatic heterocycles. The number of aliphatic carboxylic acids is 1. The van der Waals surface area contributed by atoms with Crippen molar-refractivity contribution in [3.63, 3.8) is 0 Å². The molecule has 3 nitrogen and oxygen atoms in total. The zero-order valence-electron chi connectivity index (χ0n) is 16.2. The third kappa shape index (κ3) is 3.20. The van der Waals surface area contributed by atoms with Gasteiger partial charge in [0.2, 0.25) is 0 Å². The molecular formula is C23H31FO3. The molecule has 27 heavy (non-hydrogen) atoms. The van der Waals surface area contributed by atoms with Gasteiger partial charge in [-0.05, 0) is 79.9 Å². The Morgan fingerprint density at radius 2 is 1.74 bits per heavy atom. The molecule has 4 bridgehead atoms. The Labute approximate surface area is 161 Å². The highest BCUT2D eigenvalue weighted by molar-refractivity contribution is 5.73. The average Bonchev–Trinajstić information content (AvgIpc) is 2.63. The van der Waals surface area contributed by atoms with Crippen LogP contribution in [0.1, 0.15) is 57.4 Å². The number of ether oxygens (including phenoxy) is 1. The molecule has 1 aromatic rings. The van der Waals surface area contributed by atoms with Gasteiger partial charge in [-0.2, -0.15) is 0 Å². The van der Waals surface area contributed by atoms with Gasteiger partial charge in [0.1, 0.15) is 5.82 Å². The van der Waals surface area contributed by atoms with E-state index in [0.717, 1.165) is 55.9 Å². The van der Waals surface area contributed by atoms with Crippen molar-refractivity contribution in [2.45, 2.75) is 57.3 Å². The van der Waals surface area contributed by atoms with Crippen LogP contribution in [0.5, 0.6) is 0 Å². The van der Waals surface area contributed by atoms with Crippen LogP contribution >= 0.6 is 0 Å². The van der Waals surface area contributed by atoms with Crippen LogP contribution in [0.15, 0.2) is 24.3 Å². The minimum Gasteiger partial charge on any atom is -0.481 e. The third-order valence-corrected chi connectivity index (χ3v) is 7.63. The van der Waals surface area contributed by atoms with Gasteiger partial charge < -0.3 is 9.84 Å². The fourth-order valence-corrected chi connectivity index (χ4v) is 6.81. The van der Waals surface area contributed by atoms with E-state index in [9.17, 15) is 14.3 Å². The summed E-state index contributed by atoms with van der Waals surface area (Å²) in [6.45, 7) is 2.98. The van der Waals surface area contributed by atoms with E-state index in [1.165, 1.54) is 18.6 Å². The minimum atomic E-state index is -0.761. The standard InChI is InChI=1S/C23H31FO3/c1-2-3-8-27-14-21(22(25)26)23(17-4-6-20(24)7-5-17)18-10-15-9-16(12-18)13-19(23)11-15/h4-7,15-16,18-19,21H,2-3,8-14H2,1H3,(H,25,26). The van der Waals surface area contributed by atoms with Crippen molar-refractivity contribution in [3.05, 3.63) is 35.6 Å². The fraction of sp³-hybridized carbons (Fsp3) is 0.696. The Morgan fingerprint density at radius 1 is 1.15 bits per heavy atom. The van der Waals surface area contributed by atoms with E-state index in [1.54, 1.807) is 0 Å². The SMILES string of the molecule is CCCCOCC(C(=O)O)C1(c2ccc(F)cc2)C2CC3CC(C2)CC1C3. The lowest BCUT2D eigenvalue weighted by atomic mass is 9.41. The van der Waals surface area contributed by atoms with Gasteiger partial charge in [-0.25, -0.2) is 4.39 Å². The van der Waals surface area contributed by atoms with E-state index in [2.05, 4.69) is 6.92 Å². The predicted molar refractivity (Wildman–Crippen MR) is 102 cm³/mol. The van der Waals surface area contributed by atoms with E-state index in [1.807, 2.05) is 12.1 Å². The van der Waals surface area contributed by atoms with Crippen LogP contribution in [0.25, 0.3) is 0 Å². The van der Waals surface area contributed by atoms with E-state index >= 15 is 0 Å². The lowest BCUT2D eigenvalue weighted by Crippen LogP contribution is -2.61. The van der Waals surface area contributed by atoms with Crippen LogP contribution in [-0.4, -0.2) is 24.3 Å². The Bertz CT molecular complexity index is 641. The first-order valence-corrected chi connectivity index (χ1v) is 10.6. The summed E-state index contributed by atoms with van der Waals surface area (Å²) in [4.78, 5) is 12.5. The molecule has 4 aliphatic carbocycles. The molecule has 0 saturated heterocycles.